The molecule has 0 heterocycles. The molecule has 3 aromatic rings. The summed E-state index contributed by atoms with van der Waals surface area (Å²) in [6, 6.07) is 17.5. The number of halogens is 2. The molecule has 3 aromatic carbocycles. The van der Waals surface area contributed by atoms with E-state index in [2.05, 4.69) is 10.5 Å². The molecule has 0 aliphatic carbocycles. The van der Waals surface area contributed by atoms with Gasteiger partial charge in [0.15, 0.2) is 0 Å². The highest BCUT2D eigenvalue weighted by molar-refractivity contribution is 7.92. The third-order valence-electron chi connectivity index (χ3n) is 5.13. The number of carbonyl (C=O) groups excluding carboxylic acids is 1. The molecule has 0 radical (unpaired) electrons. The zero-order chi connectivity index (χ0) is 24.9. The van der Waals surface area contributed by atoms with E-state index in [-0.39, 0.29) is 21.4 Å². The van der Waals surface area contributed by atoms with Gasteiger partial charge in [-0.15, -0.1) is 0 Å². The number of nitrogens with zero attached hydrogens (tertiary/aromatic N) is 2. The van der Waals surface area contributed by atoms with Crippen LogP contribution < -0.4 is 9.73 Å². The summed E-state index contributed by atoms with van der Waals surface area (Å²) in [6.07, 6.45) is 1.08. The molecule has 0 bridgehead atoms. The molecular weight excluding hydrogens is 477 g/mol. The number of sulfonamides is 1. The maximum absolute atomic E-state index is 13.9. The molecule has 6 nitrogen and oxygen atoms in total. The molecule has 0 saturated heterocycles. The van der Waals surface area contributed by atoms with Crippen molar-refractivity contribution in [1.82, 2.24) is 5.43 Å². The van der Waals surface area contributed by atoms with E-state index in [0.717, 1.165) is 21.6 Å². The Bertz CT molecular complexity index is 1270. The van der Waals surface area contributed by atoms with Gasteiger partial charge in [0.1, 0.15) is 12.4 Å². The maximum atomic E-state index is 13.9. The minimum Gasteiger partial charge on any atom is -0.271 e. The van der Waals surface area contributed by atoms with Crippen molar-refractivity contribution < 1.29 is 17.6 Å². The molecule has 0 unspecified atom stereocenters. The minimum atomic E-state index is -4.05. The lowest BCUT2D eigenvalue weighted by Crippen LogP contribution is -2.39. The highest BCUT2D eigenvalue weighted by Crippen LogP contribution is 2.26. The third kappa shape index (κ3) is 6.01. The van der Waals surface area contributed by atoms with Gasteiger partial charge in [0.2, 0.25) is 0 Å². The number of hydrogen-bond acceptors (Lipinski definition) is 4. The number of rotatable bonds is 8. The second kappa shape index (κ2) is 10.8. The summed E-state index contributed by atoms with van der Waals surface area (Å²) in [7, 11) is -4.05. The molecule has 34 heavy (non-hydrogen) atoms. The van der Waals surface area contributed by atoms with E-state index in [4.69, 9.17) is 11.6 Å². The van der Waals surface area contributed by atoms with Crippen molar-refractivity contribution in [3.05, 3.63) is 94.3 Å². The van der Waals surface area contributed by atoms with E-state index < -0.39 is 28.3 Å². The average molecular weight is 502 g/mol. The van der Waals surface area contributed by atoms with Gasteiger partial charge in [-0.25, -0.2) is 18.2 Å². The summed E-state index contributed by atoms with van der Waals surface area (Å²) in [5.74, 6) is -1.04. The van der Waals surface area contributed by atoms with Gasteiger partial charge < -0.3 is 0 Å². The Morgan fingerprint density at radius 2 is 1.74 bits per heavy atom. The Morgan fingerprint density at radius 3 is 2.32 bits per heavy atom. The summed E-state index contributed by atoms with van der Waals surface area (Å²) in [4.78, 5) is 12.7. The smallest absolute Gasteiger partial charge is 0.264 e. The highest BCUT2D eigenvalue weighted by Gasteiger charge is 2.27. The fraction of sp³-hybridized carbons (Fsp3) is 0.200. The molecule has 0 atom stereocenters. The average Bonchev–Trinajstić information content (AvgIpc) is 2.79. The molecule has 0 aliphatic rings. The first-order valence-electron chi connectivity index (χ1n) is 10.5. The Balaban J connectivity index is 1.88. The van der Waals surface area contributed by atoms with Crippen molar-refractivity contribution in [3.63, 3.8) is 0 Å². The molecule has 9 heteroatoms. The van der Waals surface area contributed by atoms with Gasteiger partial charge in [-0.05, 0) is 54.8 Å². The normalized spacial score (nSPS) is 11.7. The van der Waals surface area contributed by atoms with Gasteiger partial charge in [0.25, 0.3) is 15.9 Å². The topological polar surface area (TPSA) is 78.8 Å². The van der Waals surface area contributed by atoms with Crippen LogP contribution in [0.4, 0.5) is 10.1 Å². The molecule has 0 saturated carbocycles. The monoisotopic (exact) mass is 501 g/mol. The molecule has 0 fully saturated rings. The van der Waals surface area contributed by atoms with E-state index in [0.29, 0.717) is 5.69 Å². The second-order valence-corrected chi connectivity index (χ2v) is 10.3. The first-order valence-corrected chi connectivity index (χ1v) is 12.4. The van der Waals surface area contributed by atoms with Crippen LogP contribution in [0.3, 0.4) is 0 Å². The summed E-state index contributed by atoms with van der Waals surface area (Å²) < 4.78 is 41.8. The van der Waals surface area contributed by atoms with Crippen LogP contribution in [-0.2, 0) is 14.8 Å². The van der Waals surface area contributed by atoms with E-state index in [1.807, 2.05) is 32.9 Å². The lowest BCUT2D eigenvalue weighted by molar-refractivity contribution is -0.119. The number of amides is 1. The van der Waals surface area contributed by atoms with E-state index in [1.165, 1.54) is 30.3 Å². The van der Waals surface area contributed by atoms with Crippen molar-refractivity contribution >= 4 is 39.4 Å². The highest BCUT2D eigenvalue weighted by atomic mass is 35.5. The van der Waals surface area contributed by atoms with Gasteiger partial charge in [-0.1, -0.05) is 61.3 Å². The molecule has 3 rings (SSSR count). The van der Waals surface area contributed by atoms with Gasteiger partial charge in [-0.3, -0.25) is 9.10 Å². The fourth-order valence-corrected chi connectivity index (χ4v) is 4.78. The quantitative estimate of drug-likeness (QED) is 0.338. The van der Waals surface area contributed by atoms with Crippen molar-refractivity contribution in [3.8, 4) is 0 Å². The van der Waals surface area contributed by atoms with E-state index in [9.17, 15) is 17.6 Å². The Labute approximate surface area is 204 Å². The van der Waals surface area contributed by atoms with Crippen LogP contribution in [0.15, 0.2) is 76.7 Å². The maximum Gasteiger partial charge on any atom is 0.264 e. The predicted molar refractivity (Wildman–Crippen MR) is 133 cm³/mol. The summed E-state index contributed by atoms with van der Waals surface area (Å²) in [5.41, 5.74) is 4.54. The van der Waals surface area contributed by atoms with E-state index >= 15 is 0 Å². The molecule has 0 aromatic heterocycles. The zero-order valence-electron chi connectivity index (χ0n) is 19.0. The van der Waals surface area contributed by atoms with Crippen molar-refractivity contribution in [2.45, 2.75) is 31.6 Å². The van der Waals surface area contributed by atoms with Crippen LogP contribution >= 0.6 is 11.6 Å². The number of carbonyl (C=O) groups is 1. The molecular formula is C25H25ClFN3O3S. The number of hydrogen-bond donors (Lipinski definition) is 1. The number of nitrogens with one attached hydrogen (secondary N) is 1. The first kappa shape index (κ1) is 25.4. The molecule has 178 valence electrons. The SMILES string of the molecule is Cc1ccc(S(=O)(=O)N(CC(=O)NN=Cc2c(F)cccc2Cl)c2ccc(C(C)C)cc2)cc1. The number of aryl methyl sites for hydroxylation is 1. The van der Waals surface area contributed by atoms with Crippen molar-refractivity contribution in [1.29, 1.82) is 0 Å². The lowest BCUT2D eigenvalue weighted by atomic mass is 10.0. The zero-order valence-corrected chi connectivity index (χ0v) is 20.6. The molecule has 0 spiro atoms. The van der Waals surface area contributed by atoms with Gasteiger partial charge in [0, 0.05) is 5.56 Å². The number of benzene rings is 3. The summed E-state index contributed by atoms with van der Waals surface area (Å²) in [5, 5.41) is 3.87. The standard InChI is InChI=1S/C25H25ClFN3O3S/c1-17(2)19-9-11-20(12-10-19)30(34(32,33)21-13-7-18(3)8-14-21)16-25(31)29-28-15-22-23(26)5-4-6-24(22)27/h4-15,17H,16H2,1-3H3,(H,29,31). The van der Waals surface area contributed by atoms with Gasteiger partial charge in [0.05, 0.1) is 21.8 Å². The van der Waals surface area contributed by atoms with Crippen LogP contribution in [0.2, 0.25) is 5.02 Å². The summed E-state index contributed by atoms with van der Waals surface area (Å²) in [6.45, 7) is 5.39. The molecule has 1 N–H and O–H groups in total. The Morgan fingerprint density at radius 1 is 1.09 bits per heavy atom. The Hall–Kier alpha value is -3.23. The summed E-state index contributed by atoms with van der Waals surface area (Å²) >= 11 is 5.95. The Kier molecular flexibility index (Phi) is 8.06. The van der Waals surface area contributed by atoms with Crippen LogP contribution in [0.5, 0.6) is 0 Å². The minimum absolute atomic E-state index is 0.0119. The van der Waals surface area contributed by atoms with Crippen LogP contribution in [0.25, 0.3) is 0 Å². The molecule has 1 amide bonds. The third-order valence-corrected chi connectivity index (χ3v) is 7.24. The first-order chi connectivity index (χ1) is 16.1. The largest absolute Gasteiger partial charge is 0.271 e. The lowest BCUT2D eigenvalue weighted by Gasteiger charge is -2.24. The van der Waals surface area contributed by atoms with Gasteiger partial charge >= 0.3 is 0 Å². The van der Waals surface area contributed by atoms with Crippen LogP contribution in [-0.4, -0.2) is 27.1 Å². The van der Waals surface area contributed by atoms with Crippen LogP contribution in [0, 0.1) is 12.7 Å². The number of hydrazone groups is 1. The second-order valence-electron chi connectivity index (χ2n) is 8.00. The number of anilines is 1. The predicted octanol–water partition coefficient (Wildman–Crippen LogP) is 5.26. The van der Waals surface area contributed by atoms with Crippen LogP contribution in [0.1, 0.15) is 36.5 Å². The molecule has 0 aliphatic heterocycles. The van der Waals surface area contributed by atoms with E-state index in [1.54, 1.807) is 24.3 Å². The van der Waals surface area contributed by atoms with Crippen molar-refractivity contribution in [2.75, 3.05) is 10.8 Å². The van der Waals surface area contributed by atoms with Crippen molar-refractivity contribution in [2.24, 2.45) is 5.10 Å². The fourth-order valence-electron chi connectivity index (χ4n) is 3.15. The van der Waals surface area contributed by atoms with Gasteiger partial charge in [-0.2, -0.15) is 5.10 Å².